The molecule has 0 spiro atoms. The van der Waals surface area contributed by atoms with Crippen molar-refractivity contribution in [3.63, 3.8) is 0 Å². The van der Waals surface area contributed by atoms with Crippen molar-refractivity contribution in [2.24, 2.45) is 5.92 Å². The van der Waals surface area contributed by atoms with Gasteiger partial charge in [0, 0.05) is 13.3 Å². The van der Waals surface area contributed by atoms with E-state index in [0.29, 0.717) is 5.56 Å². The second kappa shape index (κ2) is 12.2. The molecule has 0 unspecified atom stereocenters. The highest BCUT2D eigenvalue weighted by Crippen LogP contribution is 2.21. The van der Waals surface area contributed by atoms with Gasteiger partial charge in [-0.3, -0.25) is 19.3 Å². The van der Waals surface area contributed by atoms with Crippen LogP contribution in [0.15, 0.2) is 41.8 Å². The van der Waals surface area contributed by atoms with Gasteiger partial charge in [-0.25, -0.2) is 4.79 Å². The summed E-state index contributed by atoms with van der Waals surface area (Å²) in [6, 6.07) is 6.64. The fourth-order valence-electron chi connectivity index (χ4n) is 3.50. The number of phenolic OH excluding ortho intramolecular Hbond substituents is 1. The van der Waals surface area contributed by atoms with Crippen molar-refractivity contribution >= 4 is 40.0 Å². The molecule has 184 valence electrons. The van der Waals surface area contributed by atoms with E-state index in [2.05, 4.69) is 10.6 Å². The maximum absolute atomic E-state index is 13.8. The number of amides is 3. The van der Waals surface area contributed by atoms with Crippen LogP contribution in [0.1, 0.15) is 33.3 Å². The van der Waals surface area contributed by atoms with Gasteiger partial charge in [0.05, 0.1) is 12.1 Å². The van der Waals surface area contributed by atoms with E-state index in [1.807, 2.05) is 11.4 Å². The maximum atomic E-state index is 13.8. The van der Waals surface area contributed by atoms with Crippen LogP contribution in [-0.2, 0) is 30.3 Å². The van der Waals surface area contributed by atoms with Gasteiger partial charge in [-0.15, -0.1) is 11.3 Å². The molecular weight excluding hydrogens is 458 g/mol. The second-order valence-electron chi connectivity index (χ2n) is 8.23. The molecule has 0 saturated carbocycles. The van der Waals surface area contributed by atoms with E-state index in [1.165, 1.54) is 37.5 Å². The predicted molar refractivity (Wildman–Crippen MR) is 129 cm³/mol. The first-order valence-corrected chi connectivity index (χ1v) is 11.7. The molecule has 1 aromatic heterocycles. The number of anilines is 1. The zero-order valence-corrected chi connectivity index (χ0v) is 20.7. The van der Waals surface area contributed by atoms with E-state index in [1.54, 1.807) is 39.0 Å². The minimum absolute atomic E-state index is 0.0567. The molecule has 3 amide bonds. The van der Waals surface area contributed by atoms with Crippen LogP contribution < -0.4 is 10.6 Å². The summed E-state index contributed by atoms with van der Waals surface area (Å²) in [6.07, 6.45) is 0.0567. The van der Waals surface area contributed by atoms with E-state index < -0.39 is 47.7 Å². The molecule has 0 fully saturated rings. The number of imide groups is 1. The van der Waals surface area contributed by atoms with Gasteiger partial charge < -0.3 is 20.5 Å². The normalized spacial score (nSPS) is 13.5. The zero-order valence-electron chi connectivity index (χ0n) is 19.9. The van der Waals surface area contributed by atoms with Crippen molar-refractivity contribution in [1.82, 2.24) is 10.2 Å². The Bertz CT molecular complexity index is 991. The largest absolute Gasteiger partial charge is 0.508 e. The standard InChI is InChI=1S/C24H31N3O6S/c1-14(2)21(24(32)33-5)27(22(30)15(3)25-20-7-6-12-34-20)23(31)19(26-16(4)28)13-17-8-10-18(29)11-9-17/h6-12,14-15,19,21,25,29H,13H2,1-5H3,(H,26,28)/t15-,19-,21-/m0/s1. The van der Waals surface area contributed by atoms with Crippen LogP contribution >= 0.6 is 11.3 Å². The lowest BCUT2D eigenvalue weighted by Gasteiger charge is -2.35. The van der Waals surface area contributed by atoms with Gasteiger partial charge in [0.1, 0.15) is 23.9 Å². The minimum atomic E-state index is -1.19. The average molecular weight is 490 g/mol. The zero-order chi connectivity index (χ0) is 25.4. The topological polar surface area (TPSA) is 125 Å². The van der Waals surface area contributed by atoms with Crippen LogP contribution in [0.25, 0.3) is 0 Å². The van der Waals surface area contributed by atoms with Crippen LogP contribution in [0.2, 0.25) is 0 Å². The van der Waals surface area contributed by atoms with Crippen molar-refractivity contribution in [2.75, 3.05) is 12.4 Å². The molecule has 3 N–H and O–H groups in total. The first kappa shape index (κ1) is 26.8. The van der Waals surface area contributed by atoms with E-state index in [9.17, 15) is 24.3 Å². The van der Waals surface area contributed by atoms with Crippen molar-refractivity contribution in [3.05, 3.63) is 47.3 Å². The summed E-state index contributed by atoms with van der Waals surface area (Å²) in [5.41, 5.74) is 0.654. The Hall–Kier alpha value is -3.40. The maximum Gasteiger partial charge on any atom is 0.329 e. The molecule has 0 aliphatic heterocycles. The van der Waals surface area contributed by atoms with Gasteiger partial charge in [0.25, 0.3) is 11.8 Å². The highest BCUT2D eigenvalue weighted by Gasteiger charge is 2.42. The summed E-state index contributed by atoms with van der Waals surface area (Å²) in [4.78, 5) is 52.8. The number of ether oxygens (including phenoxy) is 1. The van der Waals surface area contributed by atoms with Crippen LogP contribution in [0.5, 0.6) is 5.75 Å². The number of nitrogens with zero attached hydrogens (tertiary/aromatic N) is 1. The number of methoxy groups -OCH3 is 1. The van der Waals surface area contributed by atoms with Gasteiger partial charge in [0.15, 0.2) is 0 Å². The number of rotatable bonds is 10. The summed E-state index contributed by atoms with van der Waals surface area (Å²) in [7, 11) is 1.19. The second-order valence-corrected chi connectivity index (χ2v) is 9.17. The third-order valence-corrected chi connectivity index (χ3v) is 5.93. The summed E-state index contributed by atoms with van der Waals surface area (Å²) < 4.78 is 4.91. The Morgan fingerprint density at radius 1 is 1.06 bits per heavy atom. The first-order chi connectivity index (χ1) is 16.0. The molecule has 2 aromatic rings. The van der Waals surface area contributed by atoms with Crippen molar-refractivity contribution in [1.29, 1.82) is 0 Å². The van der Waals surface area contributed by atoms with Crippen LogP contribution in [0, 0.1) is 5.92 Å². The van der Waals surface area contributed by atoms with E-state index in [4.69, 9.17) is 4.74 Å². The van der Waals surface area contributed by atoms with Gasteiger partial charge >= 0.3 is 5.97 Å². The third kappa shape index (κ3) is 7.05. The number of phenols is 1. The number of hydrogen-bond acceptors (Lipinski definition) is 8. The fraction of sp³-hybridized carbons (Fsp3) is 0.417. The third-order valence-electron chi connectivity index (χ3n) is 5.13. The van der Waals surface area contributed by atoms with Gasteiger partial charge in [-0.05, 0) is 48.1 Å². The minimum Gasteiger partial charge on any atom is -0.508 e. The summed E-state index contributed by atoms with van der Waals surface area (Å²) in [6.45, 7) is 6.29. The molecule has 1 aromatic carbocycles. The Morgan fingerprint density at radius 3 is 2.21 bits per heavy atom. The SMILES string of the molecule is COC(=O)[C@H](C(C)C)N(C(=O)[C@H](C)Nc1cccs1)C(=O)[C@H](Cc1ccc(O)cc1)NC(C)=O. The number of esters is 1. The molecule has 2 rings (SSSR count). The molecule has 0 radical (unpaired) electrons. The summed E-state index contributed by atoms with van der Waals surface area (Å²) >= 11 is 1.40. The summed E-state index contributed by atoms with van der Waals surface area (Å²) in [5, 5.41) is 17.8. The molecular formula is C24H31N3O6S. The number of carbonyl (C=O) groups excluding carboxylic acids is 4. The number of nitrogens with one attached hydrogen (secondary N) is 2. The van der Waals surface area contributed by atoms with Crippen molar-refractivity contribution in [2.45, 2.75) is 52.2 Å². The van der Waals surface area contributed by atoms with E-state index in [0.717, 1.165) is 9.90 Å². The monoisotopic (exact) mass is 489 g/mol. The van der Waals surface area contributed by atoms with E-state index >= 15 is 0 Å². The lowest BCUT2D eigenvalue weighted by atomic mass is 9.98. The van der Waals surface area contributed by atoms with Crippen LogP contribution in [0.4, 0.5) is 5.00 Å². The van der Waals surface area contributed by atoms with Crippen LogP contribution in [0.3, 0.4) is 0 Å². The average Bonchev–Trinajstić information content (AvgIpc) is 3.29. The van der Waals surface area contributed by atoms with Gasteiger partial charge in [-0.2, -0.15) is 0 Å². The lowest BCUT2D eigenvalue weighted by Crippen LogP contribution is -2.60. The Labute approximate surface area is 203 Å². The Kier molecular flexibility index (Phi) is 9.61. The molecule has 34 heavy (non-hydrogen) atoms. The van der Waals surface area contributed by atoms with Crippen LogP contribution in [-0.4, -0.2) is 58.9 Å². The van der Waals surface area contributed by atoms with Gasteiger partial charge in [-0.1, -0.05) is 26.0 Å². The number of aromatic hydroxyl groups is 1. The molecule has 1 heterocycles. The molecule has 0 saturated heterocycles. The highest BCUT2D eigenvalue weighted by molar-refractivity contribution is 7.14. The van der Waals surface area contributed by atoms with Gasteiger partial charge in [0.2, 0.25) is 5.91 Å². The molecule has 9 nitrogen and oxygen atoms in total. The van der Waals surface area contributed by atoms with Crippen molar-refractivity contribution in [3.8, 4) is 5.75 Å². The quantitative estimate of drug-likeness (QED) is 0.438. The molecule has 0 aliphatic rings. The lowest BCUT2D eigenvalue weighted by molar-refractivity contribution is -0.163. The number of thiophene rings is 1. The molecule has 0 aliphatic carbocycles. The number of benzene rings is 1. The van der Waals surface area contributed by atoms with E-state index in [-0.39, 0.29) is 12.2 Å². The predicted octanol–water partition coefficient (Wildman–Crippen LogP) is 2.55. The Balaban J connectivity index is 2.45. The highest BCUT2D eigenvalue weighted by atomic mass is 32.1. The smallest absolute Gasteiger partial charge is 0.329 e. The number of carbonyl (C=O) groups is 4. The number of hydrogen-bond donors (Lipinski definition) is 3. The Morgan fingerprint density at radius 2 is 1.71 bits per heavy atom. The van der Waals surface area contributed by atoms with Crippen molar-refractivity contribution < 1.29 is 29.0 Å². The molecule has 3 atom stereocenters. The first-order valence-electron chi connectivity index (χ1n) is 10.8. The summed E-state index contributed by atoms with van der Waals surface area (Å²) in [5.74, 6) is -2.93. The molecule has 10 heteroatoms. The molecule has 0 bridgehead atoms. The fourth-order valence-corrected chi connectivity index (χ4v) is 4.21.